The molecule has 0 aliphatic rings. The molecule has 4 heteroatoms. The van der Waals surface area contributed by atoms with Crippen LogP contribution in [0, 0.1) is 4.91 Å². The molecule has 0 aliphatic heterocycles. The van der Waals surface area contributed by atoms with Gasteiger partial charge in [0.25, 0.3) is 0 Å². The van der Waals surface area contributed by atoms with Crippen molar-refractivity contribution in [2.45, 2.75) is 6.42 Å². The molecule has 0 rings (SSSR count). The summed E-state index contributed by atoms with van der Waals surface area (Å²) in [5.41, 5.74) is 0. The Labute approximate surface area is 62.8 Å². The van der Waals surface area contributed by atoms with E-state index in [0.717, 1.165) is 6.42 Å². The van der Waals surface area contributed by atoms with E-state index in [2.05, 4.69) is 23.8 Å². The summed E-state index contributed by atoms with van der Waals surface area (Å²) < 4.78 is 1.23. The predicted octanol–water partition coefficient (Wildman–Crippen LogP) is -1.42. The van der Waals surface area contributed by atoms with Crippen molar-refractivity contribution in [2.24, 2.45) is 5.18 Å². The summed E-state index contributed by atoms with van der Waals surface area (Å²) >= 11 is 2.76. The van der Waals surface area contributed by atoms with Crippen LogP contribution in [-0.2, 0) is 0 Å². The van der Waals surface area contributed by atoms with Gasteiger partial charge in [-0.1, -0.05) is 0 Å². The summed E-state index contributed by atoms with van der Waals surface area (Å²) in [4.78, 5) is 9.44. The summed E-state index contributed by atoms with van der Waals surface area (Å²) in [6.07, 6.45) is 1.000. The Balaban J connectivity index is 2.56. The molecule has 0 bridgehead atoms. The first-order valence-electron chi connectivity index (χ1n) is 1.91. The standard InChI is InChI=1S/C3H6I2NO/c4-5-2-1-3-6-7/h1-3H2/q-1. The Hall–Kier alpha value is 1.06. The Morgan fingerprint density at radius 1 is 1.71 bits per heavy atom. The van der Waals surface area contributed by atoms with Gasteiger partial charge in [-0.15, -0.1) is 0 Å². The Bertz CT molecular complexity index is 50.2. The van der Waals surface area contributed by atoms with E-state index in [-0.39, 0.29) is 0 Å². The maximum absolute atomic E-state index is 9.44. The molecule has 0 spiro atoms. The van der Waals surface area contributed by atoms with E-state index in [9.17, 15) is 4.91 Å². The van der Waals surface area contributed by atoms with Crippen LogP contribution < -0.4 is 17.2 Å². The van der Waals surface area contributed by atoms with Gasteiger partial charge in [-0.2, -0.15) is 0 Å². The molecular formula is C3H6I2NO-. The normalized spacial score (nSPS) is 9.29. The average Bonchev–Trinajstić information content (AvgIpc) is 1.69. The van der Waals surface area contributed by atoms with Crippen LogP contribution >= 0.6 is 18.6 Å². The minimum absolute atomic E-state index is 0.366. The van der Waals surface area contributed by atoms with Crippen LogP contribution in [0.15, 0.2) is 5.18 Å². The van der Waals surface area contributed by atoms with E-state index in [0.29, 0.717) is 23.8 Å². The summed E-state index contributed by atoms with van der Waals surface area (Å²) in [6.45, 7) is 0.517. The molecule has 0 amide bonds. The van der Waals surface area contributed by atoms with Crippen LogP contribution in [0.25, 0.3) is 0 Å². The minimum atomic E-state index is 0.366. The number of alkyl halides is 1. The first-order valence-corrected chi connectivity index (χ1v) is 9.72. The van der Waals surface area contributed by atoms with Crippen molar-refractivity contribution in [3.63, 3.8) is 0 Å². The van der Waals surface area contributed by atoms with Gasteiger partial charge in [-0.25, -0.2) is 0 Å². The fourth-order valence-electron chi connectivity index (χ4n) is 0.175. The molecular weight excluding hydrogens is 320 g/mol. The Morgan fingerprint density at radius 2 is 2.43 bits per heavy atom. The molecule has 0 unspecified atom stereocenters. The molecule has 0 heterocycles. The molecule has 2 nitrogen and oxygen atoms in total. The van der Waals surface area contributed by atoms with Gasteiger partial charge < -0.3 is 0 Å². The zero-order chi connectivity index (χ0) is 5.54. The van der Waals surface area contributed by atoms with Gasteiger partial charge in [-0.3, -0.25) is 0 Å². The average molecular weight is 326 g/mol. The Kier molecular flexibility index (Phi) is 8.13. The zero-order valence-corrected chi connectivity index (χ0v) is 8.05. The number of halogens is 2. The summed E-state index contributed by atoms with van der Waals surface area (Å²) in [7, 11) is 0. The van der Waals surface area contributed by atoms with Crippen LogP contribution in [0.4, 0.5) is 0 Å². The van der Waals surface area contributed by atoms with E-state index in [1.165, 1.54) is 4.43 Å². The number of hydrogen-bond acceptors (Lipinski definition) is 2. The second-order valence-electron chi connectivity index (χ2n) is 0.996. The molecule has 0 atom stereocenters. The summed E-state index contributed by atoms with van der Waals surface area (Å²) in [5, 5.41) is 2.74. The SMILES string of the molecule is O=NCCC[I-]I. The second kappa shape index (κ2) is 7.06. The molecule has 0 N–H and O–H groups in total. The molecule has 0 aromatic rings. The molecule has 0 fully saturated rings. The van der Waals surface area contributed by atoms with Crippen molar-refractivity contribution in [1.29, 1.82) is 0 Å². The van der Waals surface area contributed by atoms with Crippen LogP contribution in [0.5, 0.6) is 0 Å². The topological polar surface area (TPSA) is 29.4 Å². The number of rotatable bonds is 4. The first-order chi connectivity index (χ1) is 3.41. The quantitative estimate of drug-likeness (QED) is 0.270. The van der Waals surface area contributed by atoms with Crippen LogP contribution in [0.2, 0.25) is 0 Å². The molecule has 0 aliphatic carbocycles. The maximum atomic E-state index is 9.44. The van der Waals surface area contributed by atoms with Crippen molar-refractivity contribution >= 4 is 18.6 Å². The van der Waals surface area contributed by atoms with Crippen molar-refractivity contribution in [2.75, 3.05) is 11.0 Å². The van der Waals surface area contributed by atoms with Crippen LogP contribution in [-0.4, -0.2) is 11.0 Å². The van der Waals surface area contributed by atoms with Crippen molar-refractivity contribution in [3.8, 4) is 0 Å². The van der Waals surface area contributed by atoms with E-state index in [4.69, 9.17) is 0 Å². The number of hydrogen-bond donors (Lipinski definition) is 0. The van der Waals surface area contributed by atoms with Crippen molar-refractivity contribution < 1.29 is 17.2 Å². The zero-order valence-electron chi connectivity index (χ0n) is 3.73. The fourth-order valence-corrected chi connectivity index (χ4v) is 2.74. The first kappa shape index (κ1) is 8.06. The third-order valence-electron chi connectivity index (χ3n) is 0.454. The van der Waals surface area contributed by atoms with E-state index in [1.54, 1.807) is 0 Å². The Morgan fingerprint density at radius 3 is 2.86 bits per heavy atom. The van der Waals surface area contributed by atoms with Gasteiger partial charge in [0.15, 0.2) is 0 Å². The molecule has 0 saturated heterocycles. The monoisotopic (exact) mass is 326 g/mol. The van der Waals surface area contributed by atoms with Gasteiger partial charge in [0, 0.05) is 0 Å². The molecule has 0 saturated carbocycles. The number of nitrogens with zero attached hydrogens (tertiary/aromatic N) is 1. The molecule has 7 heavy (non-hydrogen) atoms. The molecule has 0 radical (unpaired) electrons. The van der Waals surface area contributed by atoms with Gasteiger partial charge in [-0.05, 0) is 0 Å². The third-order valence-corrected chi connectivity index (χ3v) is 4.36. The third kappa shape index (κ3) is 7.06. The van der Waals surface area contributed by atoms with Gasteiger partial charge >= 0.3 is 63.3 Å². The molecule has 0 aromatic heterocycles. The van der Waals surface area contributed by atoms with Crippen LogP contribution in [0.3, 0.4) is 0 Å². The van der Waals surface area contributed by atoms with Gasteiger partial charge in [0.2, 0.25) is 0 Å². The fraction of sp³-hybridized carbons (Fsp3) is 1.00. The van der Waals surface area contributed by atoms with Crippen molar-refractivity contribution in [3.05, 3.63) is 4.91 Å². The second-order valence-corrected chi connectivity index (χ2v) is 6.52. The summed E-state index contributed by atoms with van der Waals surface area (Å²) in [5.74, 6) is 0. The molecule has 44 valence electrons. The summed E-state index contributed by atoms with van der Waals surface area (Å²) in [6, 6.07) is 0. The van der Waals surface area contributed by atoms with E-state index < -0.39 is 0 Å². The van der Waals surface area contributed by atoms with Gasteiger partial charge in [0.1, 0.15) is 0 Å². The number of nitroso groups, excluding NO2 is 1. The van der Waals surface area contributed by atoms with E-state index >= 15 is 0 Å². The van der Waals surface area contributed by atoms with E-state index in [1.807, 2.05) is 0 Å². The van der Waals surface area contributed by atoms with Crippen LogP contribution in [0.1, 0.15) is 6.42 Å². The van der Waals surface area contributed by atoms with Crippen molar-refractivity contribution in [1.82, 2.24) is 0 Å². The molecule has 0 aromatic carbocycles. The van der Waals surface area contributed by atoms with Gasteiger partial charge in [0.05, 0.1) is 0 Å². The predicted molar refractivity (Wildman–Crippen MR) is 34.2 cm³/mol.